The van der Waals surface area contributed by atoms with Gasteiger partial charge in [-0.25, -0.2) is 9.97 Å². The number of carbonyl (C=O) groups is 1. The van der Waals surface area contributed by atoms with E-state index < -0.39 is 0 Å². The van der Waals surface area contributed by atoms with E-state index in [0.717, 1.165) is 11.1 Å². The van der Waals surface area contributed by atoms with E-state index in [1.54, 1.807) is 4.57 Å². The quantitative estimate of drug-likeness (QED) is 0.410. The summed E-state index contributed by atoms with van der Waals surface area (Å²) in [6, 6.07) is 18.8. The molecule has 1 aliphatic rings. The molecule has 0 spiro atoms. The van der Waals surface area contributed by atoms with E-state index in [0.29, 0.717) is 45.1 Å². The van der Waals surface area contributed by atoms with Crippen LogP contribution in [-0.4, -0.2) is 27.2 Å². The van der Waals surface area contributed by atoms with E-state index in [9.17, 15) is 4.79 Å². The number of fused-ring (bicyclic) bond motifs is 3. The summed E-state index contributed by atoms with van der Waals surface area (Å²) >= 11 is 0. The highest BCUT2D eigenvalue weighted by molar-refractivity contribution is 6.16. The fourth-order valence-electron chi connectivity index (χ4n) is 4.18. The molecule has 6 rings (SSSR count). The molecule has 8 nitrogen and oxygen atoms in total. The Morgan fingerprint density at radius 1 is 0.941 bits per heavy atom. The molecule has 0 saturated carbocycles. The molecule has 3 heterocycles. The largest absolute Gasteiger partial charge is 0.454 e. The highest BCUT2D eigenvalue weighted by Crippen LogP contribution is 2.37. The number of benzene rings is 3. The Hall–Kier alpha value is -4.59. The molecule has 0 fully saturated rings. The number of para-hydroxylation sites is 2. The normalized spacial score (nSPS) is 12.4. The van der Waals surface area contributed by atoms with Crippen molar-refractivity contribution in [1.29, 1.82) is 0 Å². The molecular formula is C26H21N5O3. The Morgan fingerprint density at radius 2 is 1.71 bits per heavy atom. The summed E-state index contributed by atoms with van der Waals surface area (Å²) in [6.45, 7) is 4.19. The van der Waals surface area contributed by atoms with Gasteiger partial charge in [0.25, 0.3) is 5.91 Å². The summed E-state index contributed by atoms with van der Waals surface area (Å²) in [5.41, 5.74) is 12.8. The summed E-state index contributed by atoms with van der Waals surface area (Å²) in [4.78, 5) is 23.1. The van der Waals surface area contributed by atoms with E-state index in [1.807, 2.05) is 74.5 Å². The van der Waals surface area contributed by atoms with Crippen LogP contribution in [0.25, 0.3) is 27.9 Å². The Balaban J connectivity index is 1.56. The zero-order chi connectivity index (χ0) is 23.4. The monoisotopic (exact) mass is 451 g/mol. The van der Waals surface area contributed by atoms with E-state index in [2.05, 4.69) is 5.32 Å². The first-order valence-electron chi connectivity index (χ1n) is 10.8. The number of rotatable bonds is 3. The third-order valence-corrected chi connectivity index (χ3v) is 6.10. The summed E-state index contributed by atoms with van der Waals surface area (Å²) in [7, 11) is 0. The Kier molecular flexibility index (Phi) is 4.41. The summed E-state index contributed by atoms with van der Waals surface area (Å²) in [5.74, 6) is 1.15. The van der Waals surface area contributed by atoms with Crippen LogP contribution < -0.4 is 20.5 Å². The van der Waals surface area contributed by atoms with Crippen molar-refractivity contribution in [3.8, 4) is 17.2 Å². The first-order valence-corrected chi connectivity index (χ1v) is 10.8. The van der Waals surface area contributed by atoms with Crippen LogP contribution in [0.15, 0.2) is 60.7 Å². The first-order chi connectivity index (χ1) is 16.5. The molecule has 0 radical (unpaired) electrons. The number of aryl methyl sites for hydroxylation is 2. The lowest BCUT2D eigenvalue weighted by Gasteiger charge is -2.10. The van der Waals surface area contributed by atoms with Crippen molar-refractivity contribution in [2.75, 3.05) is 17.8 Å². The Morgan fingerprint density at radius 3 is 2.50 bits per heavy atom. The third-order valence-electron chi connectivity index (χ3n) is 6.10. The standard InChI is InChI=1S/C26H21N5O3/c1-14-7-8-16(11-15(14)2)28-26(32)22-23-25(30-19-6-4-3-5-18(19)29-23)31(24(22)27)17-9-10-20-21(12-17)34-13-33-20/h3-12H,13,27H2,1-2H3,(H,28,32). The van der Waals surface area contributed by atoms with Crippen LogP contribution in [0.4, 0.5) is 11.5 Å². The van der Waals surface area contributed by atoms with Gasteiger partial charge in [0.1, 0.15) is 16.9 Å². The molecule has 0 aliphatic carbocycles. The predicted molar refractivity (Wildman–Crippen MR) is 131 cm³/mol. The number of ether oxygens (including phenoxy) is 2. The van der Waals surface area contributed by atoms with Gasteiger partial charge in [0.2, 0.25) is 6.79 Å². The van der Waals surface area contributed by atoms with Gasteiger partial charge in [-0.05, 0) is 61.4 Å². The summed E-state index contributed by atoms with van der Waals surface area (Å²) < 4.78 is 12.7. The van der Waals surface area contributed by atoms with E-state index in [-0.39, 0.29) is 24.1 Å². The molecule has 0 unspecified atom stereocenters. The van der Waals surface area contributed by atoms with Gasteiger partial charge in [-0.3, -0.25) is 9.36 Å². The van der Waals surface area contributed by atoms with Crippen molar-refractivity contribution in [3.05, 3.63) is 77.4 Å². The maximum absolute atomic E-state index is 13.5. The topological polar surface area (TPSA) is 104 Å². The van der Waals surface area contributed by atoms with Gasteiger partial charge in [0.05, 0.1) is 16.7 Å². The van der Waals surface area contributed by atoms with Crippen molar-refractivity contribution < 1.29 is 14.3 Å². The number of carbonyl (C=O) groups excluding carboxylic acids is 1. The highest BCUT2D eigenvalue weighted by atomic mass is 16.7. The number of anilines is 2. The van der Waals surface area contributed by atoms with E-state index in [4.69, 9.17) is 25.2 Å². The molecule has 0 bridgehead atoms. The SMILES string of the molecule is Cc1ccc(NC(=O)c2c(N)n(-c3ccc4c(c3)OCO4)c3nc4ccccc4nc23)cc1C. The number of hydrogen-bond acceptors (Lipinski definition) is 6. The maximum atomic E-state index is 13.5. The fourth-order valence-corrected chi connectivity index (χ4v) is 4.18. The molecule has 3 aromatic carbocycles. The number of nitrogens with zero attached hydrogens (tertiary/aromatic N) is 3. The van der Waals surface area contributed by atoms with Crippen LogP contribution in [0.5, 0.6) is 11.5 Å². The predicted octanol–water partition coefficient (Wildman–Crippen LogP) is 4.75. The lowest BCUT2D eigenvalue weighted by molar-refractivity contribution is 0.102. The molecule has 168 valence electrons. The summed E-state index contributed by atoms with van der Waals surface area (Å²) in [5, 5.41) is 2.97. The van der Waals surface area contributed by atoms with Gasteiger partial charge in [0.15, 0.2) is 17.1 Å². The molecule has 1 amide bonds. The van der Waals surface area contributed by atoms with Crippen LogP contribution in [-0.2, 0) is 0 Å². The molecule has 8 heteroatoms. The van der Waals surface area contributed by atoms with E-state index in [1.165, 1.54) is 0 Å². The minimum Gasteiger partial charge on any atom is -0.454 e. The minimum atomic E-state index is -0.352. The van der Waals surface area contributed by atoms with Gasteiger partial charge in [-0.15, -0.1) is 0 Å². The molecule has 3 N–H and O–H groups in total. The average Bonchev–Trinajstić information content (AvgIpc) is 3.40. The van der Waals surface area contributed by atoms with Crippen molar-refractivity contribution in [3.63, 3.8) is 0 Å². The molecular weight excluding hydrogens is 430 g/mol. The number of amides is 1. The zero-order valence-electron chi connectivity index (χ0n) is 18.6. The Bertz CT molecular complexity index is 1620. The van der Waals surface area contributed by atoms with Crippen LogP contribution in [0.2, 0.25) is 0 Å². The minimum absolute atomic E-state index is 0.161. The van der Waals surface area contributed by atoms with Crippen LogP contribution in [0, 0.1) is 13.8 Å². The van der Waals surface area contributed by atoms with E-state index >= 15 is 0 Å². The number of hydrogen-bond donors (Lipinski definition) is 2. The van der Waals surface area contributed by atoms with Gasteiger partial charge < -0.3 is 20.5 Å². The molecule has 34 heavy (non-hydrogen) atoms. The highest BCUT2D eigenvalue weighted by Gasteiger charge is 2.26. The molecule has 2 aromatic heterocycles. The zero-order valence-corrected chi connectivity index (χ0v) is 18.6. The maximum Gasteiger partial charge on any atom is 0.261 e. The lowest BCUT2D eigenvalue weighted by Crippen LogP contribution is -2.14. The van der Waals surface area contributed by atoms with Crippen molar-refractivity contribution >= 4 is 39.6 Å². The van der Waals surface area contributed by atoms with Gasteiger partial charge >= 0.3 is 0 Å². The molecule has 0 saturated heterocycles. The fraction of sp³-hybridized carbons (Fsp3) is 0.115. The molecule has 5 aromatic rings. The van der Waals surface area contributed by atoms with Crippen LogP contribution in [0.1, 0.15) is 21.5 Å². The van der Waals surface area contributed by atoms with Crippen LogP contribution in [0.3, 0.4) is 0 Å². The first kappa shape index (κ1) is 20.0. The average molecular weight is 451 g/mol. The smallest absolute Gasteiger partial charge is 0.261 e. The molecule has 1 aliphatic heterocycles. The lowest BCUT2D eigenvalue weighted by atomic mass is 10.1. The molecule has 0 atom stereocenters. The van der Waals surface area contributed by atoms with Gasteiger partial charge in [-0.2, -0.15) is 0 Å². The number of aromatic nitrogens is 3. The van der Waals surface area contributed by atoms with Gasteiger partial charge in [-0.1, -0.05) is 18.2 Å². The number of nitrogen functional groups attached to an aromatic ring is 1. The second-order valence-corrected chi connectivity index (χ2v) is 8.27. The van der Waals surface area contributed by atoms with Gasteiger partial charge in [0, 0.05) is 11.8 Å². The van der Waals surface area contributed by atoms with Crippen LogP contribution >= 0.6 is 0 Å². The number of nitrogens with two attached hydrogens (primary N) is 1. The third kappa shape index (κ3) is 3.11. The van der Waals surface area contributed by atoms with Crippen molar-refractivity contribution in [1.82, 2.24) is 14.5 Å². The number of nitrogens with one attached hydrogen (secondary N) is 1. The second-order valence-electron chi connectivity index (χ2n) is 8.27. The Labute approximate surface area is 194 Å². The second kappa shape index (κ2) is 7.48. The van der Waals surface area contributed by atoms with Crippen molar-refractivity contribution in [2.24, 2.45) is 0 Å². The summed E-state index contributed by atoms with van der Waals surface area (Å²) in [6.07, 6.45) is 0. The van der Waals surface area contributed by atoms with Crippen molar-refractivity contribution in [2.45, 2.75) is 13.8 Å².